The topological polar surface area (TPSA) is 94.6 Å². The van der Waals surface area contributed by atoms with Crippen LogP contribution in [0.1, 0.15) is 134 Å². The fourth-order valence-corrected chi connectivity index (χ4v) is 9.25. The van der Waals surface area contributed by atoms with Crippen LogP contribution in [0.15, 0.2) is 72.8 Å². The Hall–Kier alpha value is -5.31. The van der Waals surface area contributed by atoms with Crippen molar-refractivity contribution in [2.24, 2.45) is 0 Å². The highest BCUT2D eigenvalue weighted by Gasteiger charge is 2.57. The second kappa shape index (κ2) is 18.1. The van der Waals surface area contributed by atoms with Crippen LogP contribution < -0.4 is 28.7 Å². The van der Waals surface area contributed by atoms with Gasteiger partial charge in [0.2, 0.25) is 11.8 Å². The number of barbiturate groups is 1. The lowest BCUT2D eigenvalue weighted by Crippen LogP contribution is -2.55. The van der Waals surface area contributed by atoms with Gasteiger partial charge in [-0.2, -0.15) is 0 Å². The van der Waals surface area contributed by atoms with Gasteiger partial charge in [-0.25, -0.2) is 14.6 Å². The van der Waals surface area contributed by atoms with Gasteiger partial charge in [-0.1, -0.05) is 85.7 Å². The number of ether oxygens (including phenoxy) is 4. The molecular formula is C51H64N2O7. The quantitative estimate of drug-likeness (QED) is 0.117. The zero-order valence-electron chi connectivity index (χ0n) is 37.5. The average Bonchev–Trinajstić information content (AvgIpc) is 3.56. The zero-order valence-corrected chi connectivity index (χ0v) is 37.5. The summed E-state index contributed by atoms with van der Waals surface area (Å²) in [7, 11) is 0. The minimum Gasteiger partial charge on any atom is -0.490 e. The third-order valence-electron chi connectivity index (χ3n) is 11.8. The van der Waals surface area contributed by atoms with Gasteiger partial charge in [0.1, 0.15) is 6.42 Å². The molecule has 320 valence electrons. The summed E-state index contributed by atoms with van der Waals surface area (Å²) in [6.07, 6.45) is 5.67. The van der Waals surface area contributed by atoms with Gasteiger partial charge in [0.05, 0.1) is 37.8 Å². The highest BCUT2D eigenvalue weighted by molar-refractivity contribution is 6.35. The molecule has 2 aliphatic carbocycles. The predicted octanol–water partition coefficient (Wildman–Crippen LogP) is 11.7. The van der Waals surface area contributed by atoms with Crippen LogP contribution in [-0.2, 0) is 25.8 Å². The van der Waals surface area contributed by atoms with Crippen molar-refractivity contribution < 1.29 is 33.3 Å². The molecule has 0 saturated carbocycles. The molecule has 1 heterocycles. The molecule has 0 atom stereocenters. The molecule has 1 fully saturated rings. The third kappa shape index (κ3) is 8.63. The molecule has 7 rings (SSSR count). The molecular weight excluding hydrogens is 753 g/mol. The highest BCUT2D eigenvalue weighted by Crippen LogP contribution is 2.65. The van der Waals surface area contributed by atoms with E-state index in [-0.39, 0.29) is 22.7 Å². The lowest BCUT2D eigenvalue weighted by atomic mass is 9.72. The lowest BCUT2D eigenvalue weighted by molar-refractivity contribution is -0.126. The Kier molecular flexibility index (Phi) is 13.4. The molecule has 4 aromatic rings. The van der Waals surface area contributed by atoms with E-state index in [1.165, 1.54) is 22.3 Å². The Balaban J connectivity index is 0.000000224. The summed E-state index contributed by atoms with van der Waals surface area (Å²) in [4.78, 5) is 39.5. The fraction of sp³-hybridized carbons (Fsp3) is 0.471. The molecule has 0 radical (unpaired) electrons. The number of amides is 4. The SMILES string of the molecule is CCCOc1cc2c(cc1OCCC)C1(CC2(C)C)CC(C)(C)c2cc(OCCC)c(OCCC)cc21.Cc1ccc(C)c(N2C(=O)CC(=O)N(c3ccccc3)C2=O)c1. The maximum Gasteiger partial charge on any atom is 0.342 e. The summed E-state index contributed by atoms with van der Waals surface area (Å²) in [5.74, 6) is 2.51. The van der Waals surface area contributed by atoms with Crippen molar-refractivity contribution in [2.75, 3.05) is 36.2 Å². The molecule has 60 heavy (non-hydrogen) atoms. The van der Waals surface area contributed by atoms with Crippen LogP contribution in [0.3, 0.4) is 0 Å². The molecule has 4 aromatic carbocycles. The molecule has 1 spiro atoms. The van der Waals surface area contributed by atoms with Gasteiger partial charge < -0.3 is 18.9 Å². The van der Waals surface area contributed by atoms with E-state index < -0.39 is 17.8 Å². The summed E-state index contributed by atoms with van der Waals surface area (Å²) in [6.45, 7) is 24.6. The number of carbonyl (C=O) groups is 3. The van der Waals surface area contributed by atoms with E-state index in [1.807, 2.05) is 26.0 Å². The number of fused-ring (bicyclic) bond motifs is 4. The van der Waals surface area contributed by atoms with Gasteiger partial charge in [0, 0.05) is 5.41 Å². The number of hydrogen-bond acceptors (Lipinski definition) is 7. The summed E-state index contributed by atoms with van der Waals surface area (Å²) < 4.78 is 25.0. The maximum absolute atomic E-state index is 12.8. The van der Waals surface area contributed by atoms with Gasteiger partial charge >= 0.3 is 6.03 Å². The van der Waals surface area contributed by atoms with Crippen LogP contribution in [0.4, 0.5) is 16.2 Å². The molecule has 9 heteroatoms. The third-order valence-corrected chi connectivity index (χ3v) is 11.8. The van der Waals surface area contributed by atoms with Crippen molar-refractivity contribution in [3.8, 4) is 23.0 Å². The lowest BCUT2D eigenvalue weighted by Gasteiger charge is -2.33. The van der Waals surface area contributed by atoms with E-state index in [4.69, 9.17) is 18.9 Å². The Bertz CT molecular complexity index is 2120. The number of aryl methyl sites for hydroxylation is 2. The van der Waals surface area contributed by atoms with E-state index in [1.54, 1.807) is 36.4 Å². The number of imide groups is 2. The first-order valence-electron chi connectivity index (χ1n) is 21.8. The number of para-hydroxylation sites is 1. The Morgan fingerprint density at radius 3 is 1.38 bits per heavy atom. The average molecular weight is 817 g/mol. The minimum absolute atomic E-state index is 0.0163. The summed E-state index contributed by atoms with van der Waals surface area (Å²) in [6, 6.07) is 22.7. The van der Waals surface area contributed by atoms with E-state index in [0.717, 1.165) is 82.4 Å². The molecule has 0 N–H and O–H groups in total. The van der Waals surface area contributed by atoms with Crippen LogP contribution in [-0.4, -0.2) is 44.3 Å². The van der Waals surface area contributed by atoms with Crippen LogP contribution in [0, 0.1) is 13.8 Å². The Labute approximate surface area is 357 Å². The summed E-state index contributed by atoms with van der Waals surface area (Å²) >= 11 is 0. The molecule has 0 unspecified atom stereocenters. The van der Waals surface area contributed by atoms with Crippen LogP contribution in [0.25, 0.3) is 0 Å². The maximum atomic E-state index is 12.8. The van der Waals surface area contributed by atoms with Crippen LogP contribution >= 0.6 is 0 Å². The van der Waals surface area contributed by atoms with Gasteiger partial charge in [0.15, 0.2) is 23.0 Å². The van der Waals surface area contributed by atoms with Gasteiger partial charge in [0.25, 0.3) is 0 Å². The Morgan fingerprint density at radius 1 is 0.533 bits per heavy atom. The minimum atomic E-state index is -0.633. The largest absolute Gasteiger partial charge is 0.490 e. The number of urea groups is 1. The molecule has 3 aliphatic rings. The summed E-state index contributed by atoms with van der Waals surface area (Å²) in [5, 5.41) is 0. The number of hydrogen-bond donors (Lipinski definition) is 0. The number of carbonyl (C=O) groups excluding carboxylic acids is 3. The normalized spacial score (nSPS) is 16.9. The van der Waals surface area contributed by atoms with Gasteiger partial charge in [-0.15, -0.1) is 0 Å². The monoisotopic (exact) mass is 816 g/mol. The first-order valence-corrected chi connectivity index (χ1v) is 21.8. The number of anilines is 2. The number of nitrogens with zero attached hydrogens (tertiary/aromatic N) is 2. The van der Waals surface area contributed by atoms with Crippen LogP contribution in [0.5, 0.6) is 23.0 Å². The van der Waals surface area contributed by atoms with E-state index in [2.05, 4.69) is 79.7 Å². The Morgan fingerprint density at radius 2 is 0.950 bits per heavy atom. The molecule has 4 amide bonds. The zero-order chi connectivity index (χ0) is 43.4. The molecule has 0 bridgehead atoms. The second-order valence-corrected chi connectivity index (χ2v) is 17.8. The fourth-order valence-electron chi connectivity index (χ4n) is 9.25. The molecule has 1 aliphatic heterocycles. The molecule has 9 nitrogen and oxygen atoms in total. The first-order chi connectivity index (χ1) is 28.6. The van der Waals surface area contributed by atoms with Crippen molar-refractivity contribution in [2.45, 2.75) is 130 Å². The van der Waals surface area contributed by atoms with Crippen molar-refractivity contribution in [1.82, 2.24) is 0 Å². The highest BCUT2D eigenvalue weighted by atomic mass is 16.5. The number of benzene rings is 4. The molecule has 0 aromatic heterocycles. The standard InChI is InChI=1S/C33H48O4.C18H16N2O3/c1-9-13-34-27-17-23-25(19-29(27)36-15-11-3)33(21-31(23,5)6)22-32(7,8)24-18-28(35-14-10-2)30(20-26(24)33)37-16-12-4;1-12-8-9-13(2)15(10-12)20-17(22)11-16(21)19(18(20)23)14-6-4-3-5-7-14/h17-20H,9-16,21-22H2,1-8H3;3-10H,11H2,1-2H3. The van der Waals surface area contributed by atoms with Crippen molar-refractivity contribution in [3.63, 3.8) is 0 Å². The van der Waals surface area contributed by atoms with E-state index in [9.17, 15) is 14.4 Å². The van der Waals surface area contributed by atoms with Gasteiger partial charge in [-0.3, -0.25) is 9.59 Å². The van der Waals surface area contributed by atoms with E-state index >= 15 is 0 Å². The van der Waals surface area contributed by atoms with Crippen molar-refractivity contribution in [1.29, 1.82) is 0 Å². The van der Waals surface area contributed by atoms with Crippen molar-refractivity contribution in [3.05, 3.63) is 106 Å². The second-order valence-electron chi connectivity index (χ2n) is 17.8. The molecule has 1 saturated heterocycles. The summed E-state index contributed by atoms with van der Waals surface area (Å²) in [5.41, 5.74) is 8.21. The van der Waals surface area contributed by atoms with E-state index in [0.29, 0.717) is 37.8 Å². The van der Waals surface area contributed by atoms with Crippen LogP contribution in [0.2, 0.25) is 0 Å². The predicted molar refractivity (Wildman–Crippen MR) is 239 cm³/mol. The number of rotatable bonds is 14. The van der Waals surface area contributed by atoms with Gasteiger partial charge in [-0.05, 0) is 139 Å². The smallest absolute Gasteiger partial charge is 0.342 e. The van der Waals surface area contributed by atoms with Crippen molar-refractivity contribution >= 4 is 29.2 Å². The first kappa shape index (κ1) is 44.2.